The zero-order valence-corrected chi connectivity index (χ0v) is 22.4. The molecule has 0 spiro atoms. The van der Waals surface area contributed by atoms with Gasteiger partial charge in [0.1, 0.15) is 11.5 Å². The number of hydrogen-bond donors (Lipinski definition) is 2. The molecule has 0 aliphatic heterocycles. The molecule has 1 aliphatic rings. The van der Waals surface area contributed by atoms with Gasteiger partial charge in [-0.25, -0.2) is 4.79 Å². The van der Waals surface area contributed by atoms with Gasteiger partial charge < -0.3 is 20.3 Å². The number of rotatable bonds is 10. The molecule has 38 heavy (non-hydrogen) atoms. The van der Waals surface area contributed by atoms with Gasteiger partial charge in [-0.05, 0) is 36.5 Å². The normalized spacial score (nSPS) is 15.0. The maximum Gasteiger partial charge on any atom is 0.490 e. The Morgan fingerprint density at radius 3 is 2.16 bits per heavy atom. The van der Waals surface area contributed by atoms with Crippen LogP contribution in [-0.2, 0) is 22.6 Å². The summed E-state index contributed by atoms with van der Waals surface area (Å²) in [5, 5.41) is 11.9. The number of carbonyl (C=O) groups excluding carboxylic acids is 1. The van der Waals surface area contributed by atoms with Crippen LogP contribution in [0.5, 0.6) is 11.5 Å². The number of carboxylic acids is 1. The second-order valence-corrected chi connectivity index (χ2v) is 9.93. The summed E-state index contributed by atoms with van der Waals surface area (Å²) in [4.78, 5) is 21.8. The maximum absolute atomic E-state index is 12.9. The average molecular weight is 542 g/mol. The highest BCUT2D eigenvalue weighted by molar-refractivity contribution is 5.86. The second-order valence-electron chi connectivity index (χ2n) is 9.93. The molecule has 1 aromatic heterocycles. The van der Waals surface area contributed by atoms with Gasteiger partial charge in [0.2, 0.25) is 0 Å². The van der Waals surface area contributed by atoms with E-state index in [1.807, 2.05) is 28.9 Å². The Bertz CT molecular complexity index is 1040. The SMILES string of the molecule is COc1cccc(OC)c1-c1cc(CC(=O)[C@H](N)CC2CCCCC2)nn1CC(C)C.O=C(O)C(F)(F)F. The Morgan fingerprint density at radius 2 is 1.68 bits per heavy atom. The van der Waals surface area contributed by atoms with E-state index in [-0.39, 0.29) is 12.2 Å². The molecular formula is C27H38F3N3O5. The van der Waals surface area contributed by atoms with Gasteiger partial charge in [0, 0.05) is 6.54 Å². The lowest BCUT2D eigenvalue weighted by Gasteiger charge is -2.23. The molecule has 1 heterocycles. The van der Waals surface area contributed by atoms with E-state index in [0.29, 0.717) is 11.8 Å². The predicted molar refractivity (Wildman–Crippen MR) is 137 cm³/mol. The number of benzene rings is 1. The van der Waals surface area contributed by atoms with Gasteiger partial charge in [0.05, 0.1) is 43.6 Å². The number of nitrogens with two attached hydrogens (primary N) is 1. The first kappa shape index (κ1) is 31.1. The third kappa shape index (κ3) is 9.04. The van der Waals surface area contributed by atoms with Crippen molar-refractivity contribution in [2.45, 2.75) is 77.6 Å². The molecule has 11 heteroatoms. The number of nitrogens with zero attached hydrogens (tertiary/aromatic N) is 2. The molecule has 0 bridgehead atoms. The van der Waals surface area contributed by atoms with E-state index in [1.54, 1.807) is 14.2 Å². The molecule has 0 saturated heterocycles. The molecule has 2 aromatic rings. The fourth-order valence-corrected chi connectivity index (χ4v) is 4.57. The van der Waals surface area contributed by atoms with Crippen LogP contribution in [0.1, 0.15) is 58.1 Å². The van der Waals surface area contributed by atoms with Gasteiger partial charge in [0.25, 0.3) is 0 Å². The van der Waals surface area contributed by atoms with E-state index in [1.165, 1.54) is 32.1 Å². The summed E-state index contributed by atoms with van der Waals surface area (Å²) >= 11 is 0. The van der Waals surface area contributed by atoms with Crippen molar-refractivity contribution in [3.8, 4) is 22.8 Å². The Labute approximate surface area is 221 Å². The molecule has 0 unspecified atom stereocenters. The number of carbonyl (C=O) groups is 2. The molecule has 1 aliphatic carbocycles. The van der Waals surface area contributed by atoms with Crippen LogP contribution in [0, 0.1) is 11.8 Å². The van der Waals surface area contributed by atoms with Gasteiger partial charge in [-0.1, -0.05) is 52.0 Å². The number of ether oxygens (including phenoxy) is 2. The fourth-order valence-electron chi connectivity index (χ4n) is 4.57. The summed E-state index contributed by atoms with van der Waals surface area (Å²) in [5.41, 5.74) is 8.79. The summed E-state index contributed by atoms with van der Waals surface area (Å²) in [6.07, 6.45) is 2.18. The second kappa shape index (κ2) is 14.2. The topological polar surface area (TPSA) is 117 Å². The van der Waals surface area contributed by atoms with E-state index in [4.69, 9.17) is 30.2 Å². The van der Waals surface area contributed by atoms with E-state index in [9.17, 15) is 18.0 Å². The summed E-state index contributed by atoms with van der Waals surface area (Å²) in [6.45, 7) is 5.03. The molecule has 3 rings (SSSR count). The number of carboxylic acid groups (broad SMARTS) is 1. The Balaban J connectivity index is 0.000000638. The van der Waals surface area contributed by atoms with Crippen LogP contribution < -0.4 is 15.2 Å². The van der Waals surface area contributed by atoms with Crippen molar-refractivity contribution in [1.29, 1.82) is 0 Å². The molecule has 1 aromatic carbocycles. The monoisotopic (exact) mass is 541 g/mol. The standard InChI is InChI=1S/C25H37N3O3.C2HF3O2/c1-17(2)16-28-21(25-23(30-3)11-8-12-24(25)31-4)14-19(27-28)15-22(29)20(26)13-18-9-6-5-7-10-18;3-2(4,5)1(6)7/h8,11-12,14,17-18,20H,5-7,9-10,13,15-16,26H2,1-4H3;(H,6,7)/t20-;/m1./s1. The first-order valence-electron chi connectivity index (χ1n) is 12.7. The zero-order valence-electron chi connectivity index (χ0n) is 22.4. The quantitative estimate of drug-likeness (QED) is 0.421. The van der Waals surface area contributed by atoms with Crippen molar-refractivity contribution in [3.63, 3.8) is 0 Å². The number of halogens is 3. The average Bonchev–Trinajstić information content (AvgIpc) is 3.24. The van der Waals surface area contributed by atoms with Crippen LogP contribution in [0.15, 0.2) is 24.3 Å². The van der Waals surface area contributed by atoms with Crippen LogP contribution >= 0.6 is 0 Å². The van der Waals surface area contributed by atoms with Crippen LogP contribution in [0.3, 0.4) is 0 Å². The van der Waals surface area contributed by atoms with Crippen molar-refractivity contribution in [3.05, 3.63) is 30.0 Å². The minimum Gasteiger partial charge on any atom is -0.496 e. The van der Waals surface area contributed by atoms with Crippen molar-refractivity contribution < 1.29 is 37.3 Å². The summed E-state index contributed by atoms with van der Waals surface area (Å²) in [7, 11) is 3.30. The molecule has 1 fully saturated rings. The lowest BCUT2D eigenvalue weighted by Crippen LogP contribution is -2.34. The number of Topliss-reactive ketones (excluding diaryl/α,β-unsaturated/α-hetero) is 1. The summed E-state index contributed by atoms with van der Waals surface area (Å²) in [5.74, 6) is -0.269. The van der Waals surface area contributed by atoms with E-state index in [2.05, 4.69) is 13.8 Å². The van der Waals surface area contributed by atoms with Crippen molar-refractivity contribution in [2.75, 3.05) is 14.2 Å². The van der Waals surface area contributed by atoms with Gasteiger partial charge in [-0.3, -0.25) is 9.48 Å². The van der Waals surface area contributed by atoms with Crippen LogP contribution in [0.25, 0.3) is 11.3 Å². The number of hydrogen-bond acceptors (Lipinski definition) is 6. The Hall–Kier alpha value is -3.08. The van der Waals surface area contributed by atoms with E-state index < -0.39 is 18.2 Å². The zero-order chi connectivity index (χ0) is 28.5. The first-order valence-corrected chi connectivity index (χ1v) is 12.7. The predicted octanol–water partition coefficient (Wildman–Crippen LogP) is 5.27. The smallest absolute Gasteiger partial charge is 0.490 e. The molecule has 0 amide bonds. The highest BCUT2D eigenvalue weighted by Gasteiger charge is 2.38. The molecule has 1 atom stereocenters. The summed E-state index contributed by atoms with van der Waals surface area (Å²) in [6, 6.07) is 7.29. The number of methoxy groups -OCH3 is 2. The van der Waals surface area contributed by atoms with Crippen molar-refractivity contribution in [2.24, 2.45) is 17.6 Å². The number of aromatic nitrogens is 2. The largest absolute Gasteiger partial charge is 0.496 e. The highest BCUT2D eigenvalue weighted by Crippen LogP contribution is 2.39. The minimum absolute atomic E-state index is 0.0679. The lowest BCUT2D eigenvalue weighted by molar-refractivity contribution is -0.192. The van der Waals surface area contributed by atoms with Crippen molar-refractivity contribution >= 4 is 11.8 Å². The molecule has 1 saturated carbocycles. The third-order valence-electron chi connectivity index (χ3n) is 6.38. The highest BCUT2D eigenvalue weighted by atomic mass is 19.4. The third-order valence-corrected chi connectivity index (χ3v) is 6.38. The molecule has 3 N–H and O–H groups in total. The van der Waals surface area contributed by atoms with Crippen LogP contribution in [-0.4, -0.2) is 53.1 Å². The van der Waals surface area contributed by atoms with E-state index >= 15 is 0 Å². The molecule has 8 nitrogen and oxygen atoms in total. The maximum atomic E-state index is 12.9. The molecule has 0 radical (unpaired) electrons. The Kier molecular flexibility index (Phi) is 11.6. The number of ketones is 1. The fraction of sp³-hybridized carbons (Fsp3) is 0.593. The lowest BCUT2D eigenvalue weighted by atomic mass is 9.84. The van der Waals surface area contributed by atoms with Crippen LogP contribution in [0.2, 0.25) is 0 Å². The number of alkyl halides is 3. The molecule has 212 valence electrons. The number of aliphatic carboxylic acids is 1. The Morgan fingerprint density at radius 1 is 1.13 bits per heavy atom. The van der Waals surface area contributed by atoms with E-state index in [0.717, 1.165) is 41.4 Å². The van der Waals surface area contributed by atoms with Gasteiger partial charge in [0.15, 0.2) is 5.78 Å². The summed E-state index contributed by atoms with van der Waals surface area (Å²) < 4.78 is 44.9. The van der Waals surface area contributed by atoms with Gasteiger partial charge in [-0.2, -0.15) is 18.3 Å². The molecular weight excluding hydrogens is 503 g/mol. The minimum atomic E-state index is -5.08. The van der Waals surface area contributed by atoms with Gasteiger partial charge in [-0.15, -0.1) is 0 Å². The first-order chi connectivity index (χ1) is 17.9. The van der Waals surface area contributed by atoms with Crippen LogP contribution in [0.4, 0.5) is 13.2 Å². The van der Waals surface area contributed by atoms with Crippen molar-refractivity contribution in [1.82, 2.24) is 9.78 Å². The van der Waals surface area contributed by atoms with Gasteiger partial charge >= 0.3 is 12.1 Å².